The highest BCUT2D eigenvalue weighted by Crippen LogP contribution is 2.27. The van der Waals surface area contributed by atoms with Crippen molar-refractivity contribution in [3.8, 4) is 0 Å². The number of piperazine rings is 1. The van der Waals surface area contributed by atoms with Crippen LogP contribution in [0.15, 0.2) is 36.7 Å². The van der Waals surface area contributed by atoms with E-state index in [1.165, 1.54) is 5.56 Å². The van der Waals surface area contributed by atoms with Crippen LogP contribution in [0.4, 0.5) is 11.8 Å². The molecule has 5 N–H and O–H groups in total. The van der Waals surface area contributed by atoms with Gasteiger partial charge in [0.2, 0.25) is 5.95 Å². The summed E-state index contributed by atoms with van der Waals surface area (Å²) in [5.74, 6) is 0.827. The Morgan fingerprint density at radius 3 is 2.54 bits per heavy atom. The molecule has 1 aliphatic heterocycles. The summed E-state index contributed by atoms with van der Waals surface area (Å²) < 4.78 is 1.91. The van der Waals surface area contributed by atoms with Gasteiger partial charge in [-0.1, -0.05) is 31.5 Å². The van der Waals surface area contributed by atoms with E-state index in [1.807, 2.05) is 16.9 Å². The summed E-state index contributed by atoms with van der Waals surface area (Å²) in [6, 6.07) is 8.57. The molecule has 1 unspecified atom stereocenters. The van der Waals surface area contributed by atoms with Gasteiger partial charge in [-0.15, -0.1) is 0 Å². The number of fused-ring (bicyclic) bond motifs is 2. The number of anilines is 2. The minimum atomic E-state index is 0.0770. The quantitative estimate of drug-likeness (QED) is 0.214. The van der Waals surface area contributed by atoms with Crippen molar-refractivity contribution in [1.29, 1.82) is 0 Å². The van der Waals surface area contributed by atoms with Gasteiger partial charge in [-0.25, -0.2) is 4.98 Å². The third-order valence-corrected chi connectivity index (χ3v) is 7.50. The fourth-order valence-corrected chi connectivity index (χ4v) is 5.49. The van der Waals surface area contributed by atoms with Crippen LogP contribution in [0.1, 0.15) is 37.3 Å². The van der Waals surface area contributed by atoms with E-state index in [0.29, 0.717) is 24.3 Å². The SMILES string of the molecule is CCCC(CCO)Nc1nc(N)nc2cnn(Cc3ccc(CN4CCN(CCO)CC4)c4cccnc34)c12. The van der Waals surface area contributed by atoms with E-state index in [1.54, 1.807) is 6.20 Å². The van der Waals surface area contributed by atoms with Crippen LogP contribution in [0.5, 0.6) is 0 Å². The fraction of sp³-hybridized carbons (Fsp3) is 0.500. The predicted octanol–water partition coefficient (Wildman–Crippen LogP) is 2.08. The molecule has 0 bridgehead atoms. The van der Waals surface area contributed by atoms with E-state index in [4.69, 9.17) is 10.7 Å². The van der Waals surface area contributed by atoms with Gasteiger partial charge in [-0.05, 0) is 30.0 Å². The number of pyridine rings is 1. The summed E-state index contributed by atoms with van der Waals surface area (Å²) >= 11 is 0. The molecule has 4 aromatic rings. The first-order chi connectivity index (χ1) is 19.1. The van der Waals surface area contributed by atoms with Crippen molar-refractivity contribution < 1.29 is 10.2 Å². The first kappa shape index (κ1) is 27.2. The first-order valence-electron chi connectivity index (χ1n) is 13.9. The van der Waals surface area contributed by atoms with E-state index >= 15 is 0 Å². The molecule has 3 aromatic heterocycles. The van der Waals surface area contributed by atoms with Crippen molar-refractivity contribution in [3.05, 3.63) is 47.8 Å². The largest absolute Gasteiger partial charge is 0.396 e. The Labute approximate surface area is 228 Å². The maximum atomic E-state index is 9.54. The van der Waals surface area contributed by atoms with Gasteiger partial charge in [0.15, 0.2) is 5.82 Å². The molecule has 1 aromatic carbocycles. The van der Waals surface area contributed by atoms with Gasteiger partial charge in [0.25, 0.3) is 0 Å². The molecule has 1 aliphatic rings. The van der Waals surface area contributed by atoms with Gasteiger partial charge in [0, 0.05) is 63.5 Å². The Morgan fingerprint density at radius 1 is 0.974 bits per heavy atom. The van der Waals surface area contributed by atoms with Crippen LogP contribution in [0.3, 0.4) is 0 Å². The van der Waals surface area contributed by atoms with E-state index in [2.05, 4.69) is 55.3 Å². The Kier molecular flexibility index (Phi) is 8.82. The lowest BCUT2D eigenvalue weighted by molar-refractivity contribution is 0.109. The van der Waals surface area contributed by atoms with Crippen LogP contribution in [-0.4, -0.2) is 96.7 Å². The van der Waals surface area contributed by atoms with Gasteiger partial charge in [0.05, 0.1) is 24.9 Å². The highest BCUT2D eigenvalue weighted by atomic mass is 16.3. The maximum absolute atomic E-state index is 9.54. The van der Waals surface area contributed by atoms with E-state index in [9.17, 15) is 10.2 Å². The van der Waals surface area contributed by atoms with Crippen molar-refractivity contribution in [2.24, 2.45) is 0 Å². The predicted molar refractivity (Wildman–Crippen MR) is 153 cm³/mol. The van der Waals surface area contributed by atoms with Crippen LogP contribution in [0.2, 0.25) is 0 Å². The molecular formula is C28H39N9O2. The molecular weight excluding hydrogens is 494 g/mol. The number of nitrogens with one attached hydrogen (secondary N) is 1. The van der Waals surface area contributed by atoms with Crippen LogP contribution in [-0.2, 0) is 13.1 Å². The number of aromatic nitrogens is 5. The Balaban J connectivity index is 1.42. The van der Waals surface area contributed by atoms with Gasteiger partial charge in [0.1, 0.15) is 11.0 Å². The number of rotatable bonds is 12. The van der Waals surface area contributed by atoms with Crippen molar-refractivity contribution >= 4 is 33.7 Å². The summed E-state index contributed by atoms with van der Waals surface area (Å²) in [7, 11) is 0. The average Bonchev–Trinajstić information content (AvgIpc) is 3.34. The number of aliphatic hydroxyl groups is 2. The van der Waals surface area contributed by atoms with Crippen LogP contribution in [0.25, 0.3) is 21.9 Å². The van der Waals surface area contributed by atoms with E-state index < -0.39 is 0 Å². The van der Waals surface area contributed by atoms with Gasteiger partial charge >= 0.3 is 0 Å². The minimum Gasteiger partial charge on any atom is -0.396 e. The molecule has 0 amide bonds. The molecule has 39 heavy (non-hydrogen) atoms. The Morgan fingerprint density at radius 2 is 1.77 bits per heavy atom. The number of benzene rings is 1. The highest BCUT2D eigenvalue weighted by molar-refractivity contribution is 5.88. The van der Waals surface area contributed by atoms with Gasteiger partial charge in [-0.2, -0.15) is 10.1 Å². The number of hydrogen-bond acceptors (Lipinski definition) is 10. The number of β-amino-alcohol motifs (C(OH)–C–C–N with tert-alkyl or cyclic N) is 1. The molecule has 0 aliphatic carbocycles. The number of nitrogens with two attached hydrogens (primary N) is 1. The summed E-state index contributed by atoms with van der Waals surface area (Å²) in [6.45, 7) is 8.47. The number of nitrogen functional groups attached to an aromatic ring is 1. The first-order valence-corrected chi connectivity index (χ1v) is 13.9. The zero-order valence-corrected chi connectivity index (χ0v) is 22.6. The fourth-order valence-electron chi connectivity index (χ4n) is 5.49. The van der Waals surface area contributed by atoms with Crippen LogP contribution < -0.4 is 11.1 Å². The summed E-state index contributed by atoms with van der Waals surface area (Å²) in [5, 5.41) is 28.1. The third-order valence-electron chi connectivity index (χ3n) is 7.50. The maximum Gasteiger partial charge on any atom is 0.222 e. The third kappa shape index (κ3) is 6.27. The van der Waals surface area contributed by atoms with Gasteiger partial charge in [-0.3, -0.25) is 19.5 Å². The molecule has 1 saturated heterocycles. The molecule has 1 atom stereocenters. The average molecular weight is 534 g/mol. The Bertz CT molecular complexity index is 1380. The zero-order valence-electron chi connectivity index (χ0n) is 22.6. The number of aliphatic hydroxyl groups excluding tert-OH is 2. The topological polar surface area (TPSA) is 141 Å². The summed E-state index contributed by atoms with van der Waals surface area (Å²) in [5.41, 5.74) is 10.8. The summed E-state index contributed by atoms with van der Waals surface area (Å²) in [6.07, 6.45) is 6.08. The zero-order chi connectivity index (χ0) is 27.2. The molecule has 1 fully saturated rings. The molecule has 11 nitrogen and oxygen atoms in total. The molecule has 0 radical (unpaired) electrons. The molecule has 4 heterocycles. The second-order valence-electron chi connectivity index (χ2n) is 10.2. The van der Waals surface area contributed by atoms with Crippen LogP contribution >= 0.6 is 0 Å². The minimum absolute atomic E-state index is 0.0770. The normalized spacial score (nSPS) is 15.8. The van der Waals surface area contributed by atoms with Crippen molar-refractivity contribution in [3.63, 3.8) is 0 Å². The van der Waals surface area contributed by atoms with Crippen LogP contribution in [0, 0.1) is 0 Å². The monoisotopic (exact) mass is 533 g/mol. The lowest BCUT2D eigenvalue weighted by atomic mass is 10.0. The van der Waals surface area contributed by atoms with Crippen molar-refractivity contribution in [2.45, 2.75) is 45.3 Å². The van der Waals surface area contributed by atoms with E-state index in [-0.39, 0.29) is 25.2 Å². The number of nitrogens with zero attached hydrogens (tertiary/aromatic N) is 7. The lowest BCUT2D eigenvalue weighted by Gasteiger charge is -2.34. The molecule has 0 spiro atoms. The van der Waals surface area contributed by atoms with Gasteiger partial charge < -0.3 is 21.3 Å². The molecule has 5 rings (SSSR count). The Hall–Kier alpha value is -3.38. The van der Waals surface area contributed by atoms with E-state index in [0.717, 1.165) is 74.1 Å². The molecule has 0 saturated carbocycles. The second-order valence-corrected chi connectivity index (χ2v) is 10.2. The highest BCUT2D eigenvalue weighted by Gasteiger charge is 2.20. The molecule has 11 heteroatoms. The summed E-state index contributed by atoms with van der Waals surface area (Å²) in [4.78, 5) is 18.5. The number of hydrogen-bond donors (Lipinski definition) is 4. The smallest absolute Gasteiger partial charge is 0.222 e. The molecule has 208 valence electrons. The van der Waals surface area contributed by atoms with Crippen molar-refractivity contribution in [2.75, 3.05) is 57.0 Å². The van der Waals surface area contributed by atoms with Crippen molar-refractivity contribution in [1.82, 2.24) is 34.5 Å². The second kappa shape index (κ2) is 12.6. The lowest BCUT2D eigenvalue weighted by Crippen LogP contribution is -2.46. The standard InChI is InChI=1S/C28H39N9O2/c1-2-4-22(8-15-38)32-27-26-24(33-28(29)34-27)17-31-37(26)19-21-7-6-20(23-5-3-9-30-25(21)23)18-36-12-10-35(11-13-36)14-16-39/h3,5-7,9,17,22,38-39H,2,4,8,10-16,18-19H2,1H3,(H3,29,32,33,34).